The number of rotatable bonds is 2. The van der Waals surface area contributed by atoms with Crippen molar-refractivity contribution < 1.29 is 23.9 Å². The first-order chi connectivity index (χ1) is 13.1. The molecule has 5 nitrogen and oxygen atoms in total. The average molecular weight is 389 g/mol. The molecule has 4 rings (SSSR count). The van der Waals surface area contributed by atoms with E-state index in [1.807, 2.05) is 0 Å². The van der Waals surface area contributed by atoms with Gasteiger partial charge in [0.2, 0.25) is 0 Å². The Bertz CT molecular complexity index is 739. The lowest BCUT2D eigenvalue weighted by Crippen LogP contribution is -2.50. The molecule has 0 heterocycles. The van der Waals surface area contributed by atoms with Crippen molar-refractivity contribution in [2.45, 2.75) is 84.8 Å². The minimum absolute atomic E-state index is 0.00337. The Morgan fingerprint density at radius 1 is 1.00 bits per heavy atom. The maximum Gasteiger partial charge on any atom is 0.303 e. The Morgan fingerprint density at radius 3 is 2.36 bits per heavy atom. The first kappa shape index (κ1) is 19.7. The van der Waals surface area contributed by atoms with E-state index in [9.17, 15) is 14.4 Å². The predicted octanol–water partition coefficient (Wildman–Crippen LogP) is 3.99. The zero-order chi connectivity index (χ0) is 20.3. The Morgan fingerprint density at radius 2 is 1.68 bits per heavy atom. The third-order valence-corrected chi connectivity index (χ3v) is 8.41. The van der Waals surface area contributed by atoms with Gasteiger partial charge in [0, 0.05) is 25.7 Å². The number of Topliss-reactive ketones (excluding diaryl/α,β-unsaturated/α-hetero) is 1. The molecule has 0 aromatic rings. The van der Waals surface area contributed by atoms with E-state index < -0.39 is 6.10 Å². The van der Waals surface area contributed by atoms with Crippen LogP contribution in [-0.4, -0.2) is 29.9 Å². The van der Waals surface area contributed by atoms with Crippen LogP contribution in [0, 0.1) is 28.6 Å². The van der Waals surface area contributed by atoms with Crippen LogP contribution in [0.1, 0.15) is 72.6 Å². The number of ether oxygens (including phenoxy) is 2. The van der Waals surface area contributed by atoms with Crippen LogP contribution >= 0.6 is 0 Å². The van der Waals surface area contributed by atoms with Crippen LogP contribution in [0.2, 0.25) is 0 Å². The van der Waals surface area contributed by atoms with E-state index in [0.29, 0.717) is 18.3 Å². The van der Waals surface area contributed by atoms with Gasteiger partial charge in [-0.05, 0) is 61.7 Å². The molecule has 5 heteroatoms. The van der Waals surface area contributed by atoms with Gasteiger partial charge in [-0.3, -0.25) is 14.4 Å². The quantitative estimate of drug-likeness (QED) is 0.528. The molecule has 28 heavy (non-hydrogen) atoms. The molecule has 3 fully saturated rings. The molecular formula is C23H32O5. The Hall–Kier alpha value is -1.65. The van der Waals surface area contributed by atoms with Crippen molar-refractivity contribution in [1.82, 2.24) is 0 Å². The highest BCUT2D eigenvalue weighted by Gasteiger charge is 2.62. The summed E-state index contributed by atoms with van der Waals surface area (Å²) in [5.74, 6) is 0.861. The Balaban J connectivity index is 1.58. The molecule has 0 radical (unpaired) electrons. The maximum absolute atomic E-state index is 13.0. The van der Waals surface area contributed by atoms with Crippen molar-refractivity contribution >= 4 is 17.7 Å². The molecule has 0 saturated heterocycles. The largest absolute Gasteiger partial charge is 0.462 e. The van der Waals surface area contributed by atoms with E-state index in [2.05, 4.69) is 19.9 Å². The van der Waals surface area contributed by atoms with Gasteiger partial charge in [-0.15, -0.1) is 0 Å². The second-order valence-corrected chi connectivity index (χ2v) is 9.89. The lowest BCUT2D eigenvalue weighted by molar-refractivity contribution is -0.153. The molecule has 0 spiro atoms. The highest BCUT2D eigenvalue weighted by Crippen LogP contribution is 2.64. The highest BCUT2D eigenvalue weighted by atomic mass is 16.5. The van der Waals surface area contributed by atoms with Crippen molar-refractivity contribution in [1.29, 1.82) is 0 Å². The summed E-state index contributed by atoms with van der Waals surface area (Å²) < 4.78 is 10.9. The Kier molecular flexibility index (Phi) is 4.71. The van der Waals surface area contributed by atoms with E-state index in [1.165, 1.54) is 19.4 Å². The molecule has 7 atom stereocenters. The summed E-state index contributed by atoms with van der Waals surface area (Å²) in [6.45, 7) is 7.35. The highest BCUT2D eigenvalue weighted by molar-refractivity contribution is 5.92. The van der Waals surface area contributed by atoms with Crippen LogP contribution in [0.15, 0.2) is 11.6 Å². The monoisotopic (exact) mass is 388 g/mol. The first-order valence-electron chi connectivity index (χ1n) is 10.7. The fraction of sp³-hybridized carbons (Fsp3) is 0.783. The number of allylic oxidation sites excluding steroid dienone is 1. The van der Waals surface area contributed by atoms with E-state index >= 15 is 0 Å². The van der Waals surface area contributed by atoms with E-state index in [1.54, 1.807) is 0 Å². The molecule has 3 saturated carbocycles. The van der Waals surface area contributed by atoms with Gasteiger partial charge in [-0.25, -0.2) is 0 Å². The van der Waals surface area contributed by atoms with E-state index in [4.69, 9.17) is 9.47 Å². The molecule has 3 unspecified atom stereocenters. The molecule has 0 bridgehead atoms. The smallest absolute Gasteiger partial charge is 0.303 e. The lowest BCUT2D eigenvalue weighted by Gasteiger charge is -2.56. The zero-order valence-electron chi connectivity index (χ0n) is 17.5. The molecule has 4 aliphatic rings. The minimum atomic E-state index is -0.566. The van der Waals surface area contributed by atoms with Crippen LogP contribution in [0.4, 0.5) is 0 Å². The average Bonchev–Trinajstić information content (AvgIpc) is 2.86. The fourth-order valence-corrected chi connectivity index (χ4v) is 7.03. The number of ketones is 1. The van der Waals surface area contributed by atoms with Gasteiger partial charge in [-0.2, -0.15) is 0 Å². The minimum Gasteiger partial charge on any atom is -0.462 e. The summed E-state index contributed by atoms with van der Waals surface area (Å²) in [6.07, 6.45) is 8.16. The van der Waals surface area contributed by atoms with Crippen LogP contribution in [0.25, 0.3) is 0 Å². The molecule has 0 aliphatic heterocycles. The standard InChI is InChI=1S/C23H32O5/c1-13(24)27-16-7-9-22(3)15(11-16)5-6-17-18(22)8-10-23(4)19(17)12-20(21(23)26)28-14(2)25/h5,16-20H,6-12H2,1-4H3/t16-,17?,18?,19?,20+,22-,23-/m0/s1. The third-order valence-electron chi connectivity index (χ3n) is 8.41. The number of fused-ring (bicyclic) bond motifs is 5. The summed E-state index contributed by atoms with van der Waals surface area (Å²) in [4.78, 5) is 35.9. The van der Waals surface area contributed by atoms with Crippen LogP contribution in [0.5, 0.6) is 0 Å². The number of esters is 2. The second kappa shape index (κ2) is 6.70. The summed E-state index contributed by atoms with van der Waals surface area (Å²) in [5.41, 5.74) is 1.21. The molecule has 154 valence electrons. The number of carbonyl (C=O) groups is 3. The lowest BCUT2D eigenvalue weighted by atomic mass is 9.48. The van der Waals surface area contributed by atoms with Gasteiger partial charge in [0.05, 0.1) is 0 Å². The second-order valence-electron chi connectivity index (χ2n) is 9.89. The number of carbonyl (C=O) groups excluding carboxylic acids is 3. The van der Waals surface area contributed by atoms with Gasteiger partial charge >= 0.3 is 11.9 Å². The van der Waals surface area contributed by atoms with E-state index in [-0.39, 0.29) is 40.6 Å². The van der Waals surface area contributed by atoms with Crippen molar-refractivity contribution in [3.63, 3.8) is 0 Å². The van der Waals surface area contributed by atoms with Gasteiger partial charge in [0.15, 0.2) is 11.9 Å². The van der Waals surface area contributed by atoms with Crippen LogP contribution in [-0.2, 0) is 23.9 Å². The maximum atomic E-state index is 13.0. The molecule has 0 N–H and O–H groups in total. The van der Waals surface area contributed by atoms with Gasteiger partial charge in [-0.1, -0.05) is 25.5 Å². The van der Waals surface area contributed by atoms with Gasteiger partial charge in [0.25, 0.3) is 0 Å². The van der Waals surface area contributed by atoms with Crippen molar-refractivity contribution in [3.05, 3.63) is 11.6 Å². The summed E-state index contributed by atoms with van der Waals surface area (Å²) in [6, 6.07) is 0. The number of hydrogen-bond donors (Lipinski definition) is 0. The van der Waals surface area contributed by atoms with Crippen molar-refractivity contribution in [2.24, 2.45) is 28.6 Å². The number of hydrogen-bond acceptors (Lipinski definition) is 5. The van der Waals surface area contributed by atoms with Crippen molar-refractivity contribution in [3.8, 4) is 0 Å². The molecule has 0 aromatic heterocycles. The molecule has 4 aliphatic carbocycles. The van der Waals surface area contributed by atoms with Crippen molar-refractivity contribution in [2.75, 3.05) is 0 Å². The Labute approximate surface area is 167 Å². The normalized spacial score (nSPS) is 44.6. The summed E-state index contributed by atoms with van der Waals surface area (Å²) in [5, 5.41) is 0. The molecule has 0 aromatic carbocycles. The molecule has 0 amide bonds. The summed E-state index contributed by atoms with van der Waals surface area (Å²) >= 11 is 0. The topological polar surface area (TPSA) is 69.7 Å². The van der Waals surface area contributed by atoms with Crippen LogP contribution < -0.4 is 0 Å². The van der Waals surface area contributed by atoms with Crippen LogP contribution in [0.3, 0.4) is 0 Å². The fourth-order valence-electron chi connectivity index (χ4n) is 7.03. The van der Waals surface area contributed by atoms with Gasteiger partial charge in [0.1, 0.15) is 6.10 Å². The predicted molar refractivity (Wildman–Crippen MR) is 103 cm³/mol. The molecular weight excluding hydrogens is 356 g/mol. The summed E-state index contributed by atoms with van der Waals surface area (Å²) in [7, 11) is 0. The zero-order valence-corrected chi connectivity index (χ0v) is 17.5. The first-order valence-corrected chi connectivity index (χ1v) is 10.7. The SMILES string of the molecule is CC(=O)O[C@H]1CC[C@@]2(C)C(=CCC3C2CC[C@]2(C)C(=O)[C@H](OC(C)=O)CC32)C1. The third kappa shape index (κ3) is 2.93. The van der Waals surface area contributed by atoms with Gasteiger partial charge < -0.3 is 9.47 Å². The van der Waals surface area contributed by atoms with E-state index in [0.717, 1.165) is 38.5 Å².